The monoisotopic (exact) mass is 398 g/mol. The number of nitrogens with zero attached hydrogens (tertiary/aromatic N) is 1. The molecule has 5 rings (SSSR count). The first-order valence-corrected chi connectivity index (χ1v) is 11.3. The van der Waals surface area contributed by atoms with Crippen molar-refractivity contribution in [2.24, 2.45) is 5.92 Å². The molecule has 0 unspecified atom stereocenters. The third kappa shape index (κ3) is 3.69. The highest BCUT2D eigenvalue weighted by atomic mass is 16.2. The molecular weight excluding hydrogens is 368 g/mol. The lowest BCUT2D eigenvalue weighted by molar-refractivity contribution is -0.134. The molecule has 1 atom stereocenters. The number of H-pyrrole nitrogens is 1. The van der Waals surface area contributed by atoms with E-state index in [-0.39, 0.29) is 5.41 Å². The molecule has 0 saturated heterocycles. The van der Waals surface area contributed by atoms with Gasteiger partial charge in [0, 0.05) is 30.2 Å². The molecule has 3 heteroatoms. The van der Waals surface area contributed by atoms with Crippen LogP contribution < -0.4 is 0 Å². The van der Waals surface area contributed by atoms with Crippen LogP contribution in [0.2, 0.25) is 0 Å². The van der Waals surface area contributed by atoms with E-state index in [1.165, 1.54) is 28.5 Å². The van der Waals surface area contributed by atoms with Gasteiger partial charge in [-0.1, -0.05) is 60.7 Å². The van der Waals surface area contributed by atoms with E-state index in [9.17, 15) is 4.79 Å². The minimum absolute atomic E-state index is 0.286. The van der Waals surface area contributed by atoms with Gasteiger partial charge in [0.05, 0.1) is 5.41 Å². The van der Waals surface area contributed by atoms with Crippen molar-refractivity contribution < 1.29 is 4.79 Å². The lowest BCUT2D eigenvalue weighted by Gasteiger charge is -2.32. The Morgan fingerprint density at radius 3 is 2.60 bits per heavy atom. The maximum atomic E-state index is 13.8. The van der Waals surface area contributed by atoms with Crippen LogP contribution in [0.15, 0.2) is 72.9 Å². The van der Waals surface area contributed by atoms with E-state index in [4.69, 9.17) is 0 Å². The minimum atomic E-state index is -0.286. The summed E-state index contributed by atoms with van der Waals surface area (Å²) in [6.07, 6.45) is 12.9. The van der Waals surface area contributed by atoms with Crippen molar-refractivity contribution in [3.63, 3.8) is 0 Å². The number of nitrogens with one attached hydrogen (secondary N) is 1. The molecule has 2 aliphatic rings. The average molecular weight is 399 g/mol. The third-order valence-corrected chi connectivity index (χ3v) is 6.96. The quantitative estimate of drug-likeness (QED) is 0.515. The van der Waals surface area contributed by atoms with Crippen molar-refractivity contribution in [1.29, 1.82) is 0 Å². The van der Waals surface area contributed by atoms with Crippen molar-refractivity contribution in [2.45, 2.75) is 43.9 Å². The zero-order chi connectivity index (χ0) is 20.4. The summed E-state index contributed by atoms with van der Waals surface area (Å²) in [6.45, 7) is 1.66. The summed E-state index contributed by atoms with van der Waals surface area (Å²) < 4.78 is 0. The molecule has 1 aromatic heterocycles. The van der Waals surface area contributed by atoms with E-state index < -0.39 is 0 Å². The molecule has 3 nitrogen and oxygen atoms in total. The predicted molar refractivity (Wildman–Crippen MR) is 122 cm³/mol. The van der Waals surface area contributed by atoms with Crippen LogP contribution in [0.3, 0.4) is 0 Å². The van der Waals surface area contributed by atoms with E-state index in [1.54, 1.807) is 0 Å². The molecule has 1 saturated carbocycles. The topological polar surface area (TPSA) is 36.1 Å². The molecule has 2 aromatic carbocycles. The number of hydrogen-bond acceptors (Lipinski definition) is 1. The van der Waals surface area contributed by atoms with E-state index in [0.29, 0.717) is 11.8 Å². The molecule has 0 spiro atoms. The average Bonchev–Trinajstić information content (AvgIpc) is 3.52. The second-order valence-electron chi connectivity index (χ2n) is 8.96. The molecule has 2 aliphatic carbocycles. The molecule has 1 heterocycles. The summed E-state index contributed by atoms with van der Waals surface area (Å²) in [7, 11) is 0. The Morgan fingerprint density at radius 2 is 1.83 bits per heavy atom. The summed E-state index contributed by atoms with van der Waals surface area (Å²) in [4.78, 5) is 19.4. The molecule has 3 aromatic rings. The maximum absolute atomic E-state index is 13.8. The van der Waals surface area contributed by atoms with Crippen LogP contribution in [0.1, 0.15) is 43.2 Å². The van der Waals surface area contributed by atoms with Gasteiger partial charge in [-0.05, 0) is 61.6 Å². The Hall–Kier alpha value is -2.81. The number of benzene rings is 2. The fraction of sp³-hybridized carbons (Fsp3) is 0.370. The number of allylic oxidation sites excluding steroid dienone is 2. The highest BCUT2D eigenvalue weighted by molar-refractivity contribution is 5.91. The lowest BCUT2D eigenvalue weighted by atomic mass is 9.91. The molecule has 30 heavy (non-hydrogen) atoms. The van der Waals surface area contributed by atoms with Gasteiger partial charge in [-0.3, -0.25) is 4.79 Å². The number of para-hydroxylation sites is 1. The van der Waals surface area contributed by atoms with Crippen LogP contribution >= 0.6 is 0 Å². The van der Waals surface area contributed by atoms with Gasteiger partial charge >= 0.3 is 0 Å². The minimum Gasteiger partial charge on any atom is -0.361 e. The van der Waals surface area contributed by atoms with Crippen LogP contribution in [0.5, 0.6) is 0 Å². The number of rotatable bonds is 7. The van der Waals surface area contributed by atoms with Gasteiger partial charge < -0.3 is 9.88 Å². The Kier molecular flexibility index (Phi) is 5.20. The third-order valence-electron chi connectivity index (χ3n) is 6.96. The highest BCUT2D eigenvalue weighted by Crippen LogP contribution is 2.49. The van der Waals surface area contributed by atoms with Crippen molar-refractivity contribution >= 4 is 16.8 Å². The summed E-state index contributed by atoms with van der Waals surface area (Å²) >= 11 is 0. The standard InChI is InChI=1S/C27H30N2O/c30-26(27(16-17-27)23-11-5-2-6-12-23)29(20-21-9-3-1-4-10-21)18-15-22-19-28-25-14-8-7-13-24(22)25/h1-3,5-8,11-14,19,21,28H,4,9-10,15-18,20H2/t21-/m0/s1. The number of carbonyl (C=O) groups is 1. The fourth-order valence-corrected chi connectivity index (χ4v) is 5.01. The summed E-state index contributed by atoms with van der Waals surface area (Å²) in [5, 5.41) is 1.27. The Balaban J connectivity index is 1.37. The first-order valence-electron chi connectivity index (χ1n) is 11.3. The molecule has 1 fully saturated rings. The van der Waals surface area contributed by atoms with E-state index in [1.807, 2.05) is 6.07 Å². The van der Waals surface area contributed by atoms with Crippen molar-refractivity contribution in [3.8, 4) is 0 Å². The zero-order valence-electron chi connectivity index (χ0n) is 17.5. The zero-order valence-corrected chi connectivity index (χ0v) is 17.5. The Labute approximate surface area is 178 Å². The highest BCUT2D eigenvalue weighted by Gasteiger charge is 2.52. The number of fused-ring (bicyclic) bond motifs is 1. The summed E-state index contributed by atoms with van der Waals surface area (Å²) in [5.74, 6) is 0.914. The molecule has 0 aliphatic heterocycles. The van der Waals surface area contributed by atoms with Crippen LogP contribution in [-0.2, 0) is 16.6 Å². The van der Waals surface area contributed by atoms with Gasteiger partial charge in [0.2, 0.25) is 5.91 Å². The SMILES string of the molecule is O=C(N(CCc1c[nH]c2ccccc12)C[C@H]1CC=CCC1)C1(c2ccccc2)CC1. The maximum Gasteiger partial charge on any atom is 0.233 e. The summed E-state index contributed by atoms with van der Waals surface area (Å²) in [5.41, 5.74) is 3.38. The van der Waals surface area contributed by atoms with Gasteiger partial charge in [-0.15, -0.1) is 0 Å². The van der Waals surface area contributed by atoms with Gasteiger partial charge in [-0.2, -0.15) is 0 Å². The normalized spacial score (nSPS) is 19.7. The molecule has 0 bridgehead atoms. The molecular formula is C27H30N2O. The van der Waals surface area contributed by atoms with Crippen molar-refractivity contribution in [1.82, 2.24) is 9.88 Å². The van der Waals surface area contributed by atoms with Gasteiger partial charge in [0.25, 0.3) is 0 Å². The van der Waals surface area contributed by atoms with Crippen LogP contribution in [0.4, 0.5) is 0 Å². The van der Waals surface area contributed by atoms with Gasteiger partial charge in [0.1, 0.15) is 0 Å². The second-order valence-corrected chi connectivity index (χ2v) is 8.96. The van der Waals surface area contributed by atoms with Crippen LogP contribution in [0, 0.1) is 5.92 Å². The molecule has 154 valence electrons. The largest absolute Gasteiger partial charge is 0.361 e. The number of carbonyl (C=O) groups excluding carboxylic acids is 1. The molecule has 0 radical (unpaired) electrons. The number of aromatic amines is 1. The van der Waals surface area contributed by atoms with Gasteiger partial charge in [0.15, 0.2) is 0 Å². The Morgan fingerprint density at radius 1 is 1.03 bits per heavy atom. The van der Waals surface area contributed by atoms with Crippen molar-refractivity contribution in [2.75, 3.05) is 13.1 Å². The smallest absolute Gasteiger partial charge is 0.233 e. The first kappa shape index (κ1) is 19.2. The van der Waals surface area contributed by atoms with Gasteiger partial charge in [-0.25, -0.2) is 0 Å². The summed E-state index contributed by atoms with van der Waals surface area (Å²) in [6, 6.07) is 18.9. The van der Waals surface area contributed by atoms with E-state index in [0.717, 1.165) is 45.2 Å². The van der Waals surface area contributed by atoms with Crippen molar-refractivity contribution in [3.05, 3.63) is 84.1 Å². The van der Waals surface area contributed by atoms with Crippen LogP contribution in [0.25, 0.3) is 10.9 Å². The Bertz CT molecular complexity index is 1040. The first-order chi connectivity index (χ1) is 14.8. The molecule has 1 amide bonds. The predicted octanol–water partition coefficient (Wildman–Crippen LogP) is 5.63. The number of hydrogen-bond donors (Lipinski definition) is 1. The van der Waals surface area contributed by atoms with E-state index >= 15 is 0 Å². The number of amides is 1. The second kappa shape index (κ2) is 8.14. The van der Waals surface area contributed by atoms with Crippen LogP contribution in [-0.4, -0.2) is 28.9 Å². The lowest BCUT2D eigenvalue weighted by Crippen LogP contribution is -2.43. The molecule has 1 N–H and O–H groups in total. The van der Waals surface area contributed by atoms with E-state index in [2.05, 4.69) is 76.8 Å². The fourth-order valence-electron chi connectivity index (χ4n) is 5.01. The number of aromatic nitrogens is 1.